The Hall–Kier alpha value is -4.69. The van der Waals surface area contributed by atoms with Gasteiger partial charge in [0.1, 0.15) is 22.4 Å². The van der Waals surface area contributed by atoms with Crippen LogP contribution >= 0.6 is 0 Å². The van der Waals surface area contributed by atoms with Gasteiger partial charge in [-0.2, -0.15) is 5.26 Å². The monoisotopic (exact) mass is 549 g/mol. The third kappa shape index (κ3) is 4.09. The van der Waals surface area contributed by atoms with E-state index in [0.29, 0.717) is 16.9 Å². The lowest BCUT2D eigenvalue weighted by Crippen LogP contribution is -2.39. The Labute approximate surface area is 225 Å². The number of nitriles is 1. The van der Waals surface area contributed by atoms with Gasteiger partial charge >= 0.3 is 0 Å². The Morgan fingerprint density at radius 1 is 1.03 bits per heavy atom. The van der Waals surface area contributed by atoms with Gasteiger partial charge in [-0.3, -0.25) is 4.31 Å². The first-order valence-electron chi connectivity index (χ1n) is 11.7. The predicted octanol–water partition coefficient (Wildman–Crippen LogP) is 4.38. The lowest BCUT2D eigenvalue weighted by atomic mass is 9.87. The summed E-state index contributed by atoms with van der Waals surface area (Å²) in [7, 11) is -0.111. The van der Waals surface area contributed by atoms with Crippen molar-refractivity contribution in [1.82, 2.24) is 0 Å². The number of methoxy groups -OCH3 is 3. The Bertz CT molecular complexity index is 1670. The van der Waals surface area contributed by atoms with E-state index in [9.17, 15) is 18.1 Å². The molecule has 0 saturated carbocycles. The summed E-state index contributed by atoms with van der Waals surface area (Å²) in [6.07, 6.45) is 0. The minimum absolute atomic E-state index is 0.00867. The summed E-state index contributed by atoms with van der Waals surface area (Å²) in [5.41, 5.74) is 7.32. The molecule has 0 bridgehead atoms. The van der Waals surface area contributed by atoms with Crippen molar-refractivity contribution in [2.24, 2.45) is 5.73 Å². The van der Waals surface area contributed by atoms with Crippen LogP contribution in [0.15, 0.2) is 77.0 Å². The third-order valence-electron chi connectivity index (χ3n) is 6.65. The number of anilines is 1. The lowest BCUT2D eigenvalue weighted by Gasteiger charge is -2.38. The highest BCUT2D eigenvalue weighted by atomic mass is 32.2. The largest absolute Gasteiger partial charge is 0.493 e. The number of ether oxygens (including phenoxy) is 4. The normalized spacial score (nSPS) is 17.5. The number of hydrogen-bond acceptors (Lipinski definition) is 8. The molecule has 0 aliphatic carbocycles. The van der Waals surface area contributed by atoms with Crippen molar-refractivity contribution >= 4 is 21.5 Å². The first-order chi connectivity index (χ1) is 18.8. The summed E-state index contributed by atoms with van der Waals surface area (Å²) in [6, 6.07) is 17.8. The van der Waals surface area contributed by atoms with Crippen molar-refractivity contribution in [1.29, 1.82) is 5.26 Å². The molecule has 2 aliphatic heterocycles. The van der Waals surface area contributed by atoms with Gasteiger partial charge in [0.05, 0.1) is 39.5 Å². The molecule has 9 nitrogen and oxygen atoms in total. The van der Waals surface area contributed by atoms with Crippen LogP contribution in [0.3, 0.4) is 0 Å². The second-order valence-electron chi connectivity index (χ2n) is 8.70. The van der Waals surface area contributed by atoms with E-state index in [4.69, 9.17) is 24.7 Å². The number of nitrogens with two attached hydrogens (primary N) is 1. The second-order valence-corrected chi connectivity index (χ2v) is 10.5. The maximum Gasteiger partial charge on any atom is 0.265 e. The lowest BCUT2D eigenvalue weighted by molar-refractivity contribution is 0.323. The van der Waals surface area contributed by atoms with Crippen LogP contribution in [-0.2, 0) is 21.3 Å². The maximum atomic E-state index is 14.7. The first kappa shape index (κ1) is 25.9. The summed E-state index contributed by atoms with van der Waals surface area (Å²) in [5.74, 6) is -1.17. The van der Waals surface area contributed by atoms with E-state index >= 15 is 0 Å². The van der Waals surface area contributed by atoms with Gasteiger partial charge in [0.25, 0.3) is 10.0 Å². The Morgan fingerprint density at radius 2 is 1.67 bits per heavy atom. The van der Waals surface area contributed by atoms with E-state index in [1.165, 1.54) is 39.5 Å². The summed E-state index contributed by atoms with van der Waals surface area (Å²) in [6.45, 7) is -0.286. The SMILES string of the molecule is COc1cc([C@H]2C(C#N)=C(N)OC3=C2S(=O)(=O)N(Cc2ccccc2F)c2ccccc23)cc(OC)c1OC. The summed E-state index contributed by atoms with van der Waals surface area (Å²) >= 11 is 0. The molecule has 0 amide bonds. The maximum absolute atomic E-state index is 14.7. The highest BCUT2D eigenvalue weighted by Crippen LogP contribution is 2.53. The molecule has 200 valence electrons. The fourth-order valence-corrected chi connectivity index (χ4v) is 6.76. The molecule has 1 atom stereocenters. The molecule has 0 radical (unpaired) electrons. The van der Waals surface area contributed by atoms with Crippen LogP contribution < -0.4 is 24.2 Å². The van der Waals surface area contributed by atoms with E-state index in [1.807, 2.05) is 6.07 Å². The molecule has 11 heteroatoms. The number of rotatable bonds is 6. The van der Waals surface area contributed by atoms with Gasteiger partial charge in [0.15, 0.2) is 17.3 Å². The summed E-state index contributed by atoms with van der Waals surface area (Å²) in [4.78, 5) is -0.211. The molecule has 0 spiro atoms. The second kappa shape index (κ2) is 9.89. The molecule has 39 heavy (non-hydrogen) atoms. The van der Waals surface area contributed by atoms with Gasteiger partial charge in [0, 0.05) is 11.1 Å². The topological polar surface area (TPSA) is 124 Å². The molecule has 0 aromatic heterocycles. The molecular formula is C28H24FN3O6S. The Morgan fingerprint density at radius 3 is 2.28 bits per heavy atom. The summed E-state index contributed by atoms with van der Waals surface area (Å²) in [5, 5.41) is 10.1. The summed E-state index contributed by atoms with van der Waals surface area (Å²) < 4.78 is 66.8. The quantitative estimate of drug-likeness (QED) is 0.481. The van der Waals surface area contributed by atoms with Gasteiger partial charge in [-0.15, -0.1) is 0 Å². The van der Waals surface area contributed by atoms with E-state index in [-0.39, 0.29) is 51.4 Å². The minimum Gasteiger partial charge on any atom is -0.493 e. The van der Waals surface area contributed by atoms with Crippen molar-refractivity contribution < 1.29 is 31.8 Å². The predicted molar refractivity (Wildman–Crippen MR) is 142 cm³/mol. The minimum atomic E-state index is -4.40. The molecule has 5 rings (SSSR count). The van der Waals surface area contributed by atoms with Crippen LogP contribution in [0.25, 0.3) is 5.76 Å². The first-order valence-corrected chi connectivity index (χ1v) is 13.2. The molecule has 3 aromatic carbocycles. The Kier molecular flexibility index (Phi) is 6.57. The van der Waals surface area contributed by atoms with Crippen molar-refractivity contribution in [3.8, 4) is 23.3 Å². The molecule has 2 heterocycles. The zero-order valence-corrected chi connectivity index (χ0v) is 22.1. The third-order valence-corrected chi connectivity index (χ3v) is 8.53. The van der Waals surface area contributed by atoms with Gasteiger partial charge in [-0.1, -0.05) is 30.3 Å². The fraction of sp³-hybridized carbons (Fsp3) is 0.179. The number of nitrogens with zero attached hydrogens (tertiary/aromatic N) is 2. The fourth-order valence-electron chi connectivity index (χ4n) is 4.86. The van der Waals surface area contributed by atoms with E-state index in [0.717, 1.165) is 4.31 Å². The van der Waals surface area contributed by atoms with Crippen LogP contribution in [-0.4, -0.2) is 29.7 Å². The van der Waals surface area contributed by atoms with Crippen LogP contribution in [0.4, 0.5) is 10.1 Å². The van der Waals surface area contributed by atoms with Gasteiger partial charge in [0.2, 0.25) is 11.6 Å². The number of para-hydroxylation sites is 1. The zero-order chi connectivity index (χ0) is 27.9. The highest BCUT2D eigenvalue weighted by molar-refractivity contribution is 7.96. The van der Waals surface area contributed by atoms with Gasteiger partial charge < -0.3 is 24.7 Å². The van der Waals surface area contributed by atoms with Crippen molar-refractivity contribution in [3.63, 3.8) is 0 Å². The zero-order valence-electron chi connectivity index (χ0n) is 21.3. The molecule has 2 aliphatic rings. The highest BCUT2D eigenvalue weighted by Gasteiger charge is 2.47. The van der Waals surface area contributed by atoms with Crippen LogP contribution in [0, 0.1) is 17.1 Å². The number of hydrogen-bond donors (Lipinski definition) is 1. The van der Waals surface area contributed by atoms with Crippen molar-refractivity contribution in [3.05, 3.63) is 99.5 Å². The smallest absolute Gasteiger partial charge is 0.265 e. The number of sulfonamides is 1. The Balaban J connectivity index is 1.80. The average Bonchev–Trinajstić information content (AvgIpc) is 2.94. The van der Waals surface area contributed by atoms with E-state index in [1.54, 1.807) is 42.5 Å². The molecule has 2 N–H and O–H groups in total. The molecule has 0 unspecified atom stereocenters. The van der Waals surface area contributed by atoms with E-state index < -0.39 is 21.8 Å². The van der Waals surface area contributed by atoms with Crippen LogP contribution in [0.1, 0.15) is 22.6 Å². The van der Waals surface area contributed by atoms with Gasteiger partial charge in [-0.25, -0.2) is 12.8 Å². The number of allylic oxidation sites excluding steroid dienone is 2. The van der Waals surface area contributed by atoms with Gasteiger partial charge in [-0.05, 0) is 35.9 Å². The van der Waals surface area contributed by atoms with E-state index in [2.05, 4.69) is 0 Å². The average molecular weight is 550 g/mol. The molecule has 0 saturated heterocycles. The van der Waals surface area contributed by atoms with Crippen molar-refractivity contribution in [2.75, 3.05) is 25.6 Å². The molecular weight excluding hydrogens is 525 g/mol. The molecule has 0 fully saturated rings. The number of halogens is 1. The van der Waals surface area contributed by atoms with Crippen LogP contribution in [0.2, 0.25) is 0 Å². The standard InChI is InChI=1S/C28H24FN3O6S/c1-35-22-12-17(13-23(36-2)26(22)37-3)24-19(14-30)28(31)38-25-18-9-5-7-11-21(18)32(39(33,34)27(24)25)15-16-8-4-6-10-20(16)29/h4-13,24H,15,31H2,1-3H3/t24-/m0/s1. The van der Waals surface area contributed by atoms with Crippen LogP contribution in [0.5, 0.6) is 17.2 Å². The number of benzene rings is 3. The number of fused-ring (bicyclic) bond motifs is 2. The van der Waals surface area contributed by atoms with Crippen molar-refractivity contribution in [2.45, 2.75) is 12.5 Å². The molecule has 3 aromatic rings.